The Bertz CT molecular complexity index is 1180. The van der Waals surface area contributed by atoms with E-state index in [4.69, 9.17) is 4.74 Å². The highest BCUT2D eigenvalue weighted by atomic mass is 16.5. The van der Waals surface area contributed by atoms with Crippen LogP contribution in [0.5, 0.6) is 5.75 Å². The van der Waals surface area contributed by atoms with E-state index < -0.39 is 17.7 Å². The molecule has 1 amide bonds. The minimum Gasteiger partial charge on any atom is -0.507 e. The number of ether oxygens (including phenoxy) is 1. The first-order chi connectivity index (χ1) is 15.8. The Hall–Kier alpha value is -3.93. The Labute approximate surface area is 193 Å². The van der Waals surface area contributed by atoms with E-state index in [0.29, 0.717) is 11.3 Å². The molecule has 6 nitrogen and oxygen atoms in total. The molecule has 33 heavy (non-hydrogen) atoms. The van der Waals surface area contributed by atoms with Crippen LogP contribution in [0.15, 0.2) is 78.6 Å². The number of Topliss-reactive ketones (excluding diaryl/α,β-unsaturated/α-hetero) is 1. The van der Waals surface area contributed by atoms with Gasteiger partial charge in [-0.3, -0.25) is 14.6 Å². The summed E-state index contributed by atoms with van der Waals surface area (Å²) in [5, 5.41) is 11.2. The highest BCUT2D eigenvalue weighted by Gasteiger charge is 2.46. The minimum atomic E-state index is -0.711. The van der Waals surface area contributed by atoms with Gasteiger partial charge in [0.1, 0.15) is 11.5 Å². The van der Waals surface area contributed by atoms with Gasteiger partial charge in [0.05, 0.1) is 17.7 Å². The maximum absolute atomic E-state index is 13.1. The molecule has 1 aliphatic heterocycles. The average molecular weight is 443 g/mol. The molecular weight excluding hydrogens is 416 g/mol. The molecule has 0 spiro atoms. The fourth-order valence-corrected chi connectivity index (χ4v) is 3.95. The van der Waals surface area contributed by atoms with Crippen LogP contribution in [0.1, 0.15) is 42.1 Å². The van der Waals surface area contributed by atoms with Gasteiger partial charge >= 0.3 is 0 Å². The summed E-state index contributed by atoms with van der Waals surface area (Å²) in [7, 11) is 0. The Morgan fingerprint density at radius 2 is 1.76 bits per heavy atom. The number of benzene rings is 2. The molecule has 0 unspecified atom stereocenters. The number of aliphatic hydroxyl groups is 1. The quantitative estimate of drug-likeness (QED) is 0.337. The van der Waals surface area contributed by atoms with Crippen molar-refractivity contribution in [1.29, 1.82) is 0 Å². The van der Waals surface area contributed by atoms with E-state index in [1.807, 2.05) is 51.1 Å². The molecule has 0 bridgehead atoms. The van der Waals surface area contributed by atoms with Crippen molar-refractivity contribution in [3.8, 4) is 5.75 Å². The van der Waals surface area contributed by atoms with Crippen molar-refractivity contribution in [3.63, 3.8) is 0 Å². The molecule has 1 aliphatic rings. The second-order valence-electron chi connectivity index (χ2n) is 8.39. The Kier molecular flexibility index (Phi) is 6.27. The van der Waals surface area contributed by atoms with Gasteiger partial charge in [0.15, 0.2) is 0 Å². The van der Waals surface area contributed by atoms with Gasteiger partial charge in [0.25, 0.3) is 11.7 Å². The van der Waals surface area contributed by atoms with Gasteiger partial charge in [0, 0.05) is 24.5 Å². The first-order valence-electron chi connectivity index (χ1n) is 10.9. The van der Waals surface area contributed by atoms with Gasteiger partial charge in [-0.05, 0) is 62.2 Å². The maximum atomic E-state index is 13.1. The highest BCUT2D eigenvalue weighted by Crippen LogP contribution is 2.40. The van der Waals surface area contributed by atoms with E-state index in [1.165, 1.54) is 4.90 Å². The van der Waals surface area contributed by atoms with Crippen molar-refractivity contribution in [1.82, 2.24) is 9.88 Å². The number of aryl methyl sites for hydroxylation is 1. The Morgan fingerprint density at radius 3 is 2.36 bits per heavy atom. The molecule has 1 atom stereocenters. The summed E-state index contributed by atoms with van der Waals surface area (Å²) >= 11 is 0. The summed E-state index contributed by atoms with van der Waals surface area (Å²) in [6.45, 7) is 6.03. The van der Waals surface area contributed by atoms with Crippen LogP contribution in [0.25, 0.3) is 5.76 Å². The zero-order valence-corrected chi connectivity index (χ0v) is 18.9. The molecule has 4 rings (SSSR count). The van der Waals surface area contributed by atoms with Gasteiger partial charge in [-0.25, -0.2) is 0 Å². The number of ketones is 1. The summed E-state index contributed by atoms with van der Waals surface area (Å²) in [5.41, 5.74) is 3.13. The van der Waals surface area contributed by atoms with E-state index >= 15 is 0 Å². The fraction of sp³-hybridized carbons (Fsp3) is 0.222. The molecular formula is C27H26N2O4. The Morgan fingerprint density at radius 1 is 1.06 bits per heavy atom. The average Bonchev–Trinajstić information content (AvgIpc) is 3.05. The molecule has 1 fully saturated rings. The topological polar surface area (TPSA) is 79.7 Å². The number of amides is 1. The van der Waals surface area contributed by atoms with E-state index in [0.717, 1.165) is 16.7 Å². The summed E-state index contributed by atoms with van der Waals surface area (Å²) in [6, 6.07) is 17.4. The normalized spacial score (nSPS) is 17.6. The minimum absolute atomic E-state index is 0.0174. The van der Waals surface area contributed by atoms with Crippen LogP contribution in [-0.4, -0.2) is 32.8 Å². The first kappa shape index (κ1) is 22.3. The van der Waals surface area contributed by atoms with Crippen molar-refractivity contribution in [3.05, 3.63) is 101 Å². The van der Waals surface area contributed by atoms with Gasteiger partial charge < -0.3 is 14.7 Å². The Balaban J connectivity index is 1.79. The number of aliphatic hydroxyl groups excluding tert-OH is 1. The predicted molar refractivity (Wildman–Crippen MR) is 125 cm³/mol. The number of pyridine rings is 1. The zero-order valence-electron chi connectivity index (χ0n) is 18.9. The summed E-state index contributed by atoms with van der Waals surface area (Å²) < 4.78 is 5.66. The summed E-state index contributed by atoms with van der Waals surface area (Å²) in [5.74, 6) is -0.896. The lowest BCUT2D eigenvalue weighted by Gasteiger charge is -2.25. The molecule has 1 N–H and O–H groups in total. The third-order valence-corrected chi connectivity index (χ3v) is 5.51. The van der Waals surface area contributed by atoms with Crippen LogP contribution in [0.3, 0.4) is 0 Å². The van der Waals surface area contributed by atoms with E-state index in [-0.39, 0.29) is 24.0 Å². The van der Waals surface area contributed by atoms with E-state index in [1.54, 1.807) is 42.7 Å². The number of carbonyl (C=O) groups is 2. The third-order valence-electron chi connectivity index (χ3n) is 5.51. The van der Waals surface area contributed by atoms with Crippen LogP contribution < -0.4 is 4.74 Å². The number of likely N-dealkylation sites (tertiary alicyclic amines) is 1. The molecule has 2 heterocycles. The number of carbonyl (C=O) groups excluding carboxylic acids is 2. The molecule has 0 radical (unpaired) electrons. The second kappa shape index (κ2) is 9.28. The number of hydrogen-bond donors (Lipinski definition) is 1. The molecule has 3 aromatic rings. The third kappa shape index (κ3) is 4.65. The molecule has 6 heteroatoms. The lowest BCUT2D eigenvalue weighted by atomic mass is 9.94. The molecule has 0 aliphatic carbocycles. The van der Waals surface area contributed by atoms with E-state index in [2.05, 4.69) is 4.98 Å². The zero-order chi connectivity index (χ0) is 23.5. The standard InChI is InChI=1S/C27H26N2O4/c1-17(2)33-22-12-10-21(11-13-22)25(30)23-24(20-8-6-18(3)7-9-20)29(27(32)26(23)31)16-19-5-4-14-28-15-19/h4-15,17,24,30H,16H2,1-3H3/b25-23+/t24-/m1/s1. The van der Waals surface area contributed by atoms with Gasteiger partial charge in [0.2, 0.25) is 0 Å². The number of nitrogens with zero attached hydrogens (tertiary/aromatic N) is 2. The van der Waals surface area contributed by atoms with Crippen molar-refractivity contribution in [2.75, 3.05) is 0 Å². The van der Waals surface area contributed by atoms with Gasteiger partial charge in [-0.15, -0.1) is 0 Å². The van der Waals surface area contributed by atoms with Gasteiger partial charge in [-0.1, -0.05) is 35.9 Å². The van der Waals surface area contributed by atoms with Crippen LogP contribution in [0.2, 0.25) is 0 Å². The van der Waals surface area contributed by atoms with Crippen LogP contribution in [-0.2, 0) is 16.1 Å². The van der Waals surface area contributed by atoms with Crippen LogP contribution >= 0.6 is 0 Å². The molecule has 2 aromatic carbocycles. The lowest BCUT2D eigenvalue weighted by molar-refractivity contribution is -0.140. The van der Waals surface area contributed by atoms with Crippen molar-refractivity contribution < 1.29 is 19.4 Å². The SMILES string of the molecule is Cc1ccc([C@@H]2/C(=C(\O)c3ccc(OC(C)C)cc3)C(=O)C(=O)N2Cc2cccnc2)cc1. The lowest BCUT2D eigenvalue weighted by Crippen LogP contribution is -2.29. The van der Waals surface area contributed by atoms with Crippen molar-refractivity contribution in [2.24, 2.45) is 0 Å². The fourth-order valence-electron chi connectivity index (χ4n) is 3.95. The predicted octanol–water partition coefficient (Wildman–Crippen LogP) is 4.80. The molecule has 0 saturated carbocycles. The molecule has 1 saturated heterocycles. The summed E-state index contributed by atoms with van der Waals surface area (Å²) in [4.78, 5) is 31.8. The van der Waals surface area contributed by atoms with Crippen LogP contribution in [0.4, 0.5) is 0 Å². The highest BCUT2D eigenvalue weighted by molar-refractivity contribution is 6.46. The smallest absolute Gasteiger partial charge is 0.295 e. The number of rotatable bonds is 6. The molecule has 168 valence electrons. The number of hydrogen-bond acceptors (Lipinski definition) is 5. The van der Waals surface area contributed by atoms with Crippen molar-refractivity contribution in [2.45, 2.75) is 39.5 Å². The maximum Gasteiger partial charge on any atom is 0.295 e. The first-order valence-corrected chi connectivity index (χ1v) is 10.9. The molecule has 1 aromatic heterocycles. The number of aromatic nitrogens is 1. The van der Waals surface area contributed by atoms with Gasteiger partial charge in [-0.2, -0.15) is 0 Å². The largest absolute Gasteiger partial charge is 0.507 e. The van der Waals surface area contributed by atoms with Crippen molar-refractivity contribution >= 4 is 17.4 Å². The van der Waals surface area contributed by atoms with Crippen LogP contribution in [0, 0.1) is 6.92 Å². The van der Waals surface area contributed by atoms with E-state index in [9.17, 15) is 14.7 Å². The summed E-state index contributed by atoms with van der Waals surface area (Å²) in [6.07, 6.45) is 3.34. The monoisotopic (exact) mass is 442 g/mol. The second-order valence-corrected chi connectivity index (χ2v) is 8.39.